The molecule has 0 aliphatic carbocycles. The molecular weight excluding hydrogens is 341 g/mol. The van der Waals surface area contributed by atoms with Crippen LogP contribution in [0.2, 0.25) is 0 Å². The third-order valence-corrected chi connectivity index (χ3v) is 4.49. The van der Waals surface area contributed by atoms with Crippen LogP contribution < -0.4 is 0 Å². The number of Topliss-reactive ketones (excluding diaryl/α,β-unsaturated/α-hetero) is 1. The highest BCUT2D eigenvalue weighted by Crippen LogP contribution is 2.22. The van der Waals surface area contributed by atoms with Crippen LogP contribution >= 0.6 is 0 Å². The van der Waals surface area contributed by atoms with E-state index in [1.165, 1.54) is 12.1 Å². The van der Waals surface area contributed by atoms with E-state index in [0.717, 1.165) is 19.4 Å². The molecule has 1 atom stereocenters. The Kier molecular flexibility index (Phi) is 6.49. The average molecular weight is 363 g/mol. The zero-order valence-electron chi connectivity index (χ0n) is 14.4. The Morgan fingerprint density at radius 2 is 2.27 bits per heavy atom. The average Bonchev–Trinajstić information content (AvgIpc) is 3.29. The molecule has 0 amide bonds. The van der Waals surface area contributed by atoms with Gasteiger partial charge in [-0.05, 0) is 36.5 Å². The summed E-state index contributed by atoms with van der Waals surface area (Å²) in [5.41, 5.74) is 1.21. The molecule has 1 unspecified atom stereocenters. The first-order chi connectivity index (χ1) is 12.7. The molecule has 1 fully saturated rings. The van der Waals surface area contributed by atoms with Gasteiger partial charge in [-0.3, -0.25) is 4.79 Å². The summed E-state index contributed by atoms with van der Waals surface area (Å²) in [6, 6.07) is 6.10. The third kappa shape index (κ3) is 4.75. The van der Waals surface area contributed by atoms with Gasteiger partial charge in [-0.1, -0.05) is 17.3 Å². The zero-order valence-corrected chi connectivity index (χ0v) is 14.4. The van der Waals surface area contributed by atoms with Gasteiger partial charge in [0.15, 0.2) is 17.2 Å². The smallest absolute Gasteiger partial charge is 0.185 e. The van der Waals surface area contributed by atoms with Crippen molar-refractivity contribution >= 4 is 5.78 Å². The van der Waals surface area contributed by atoms with Gasteiger partial charge in [-0.15, -0.1) is 0 Å². The maximum Gasteiger partial charge on any atom is 0.185 e. The van der Waals surface area contributed by atoms with E-state index in [4.69, 9.17) is 14.0 Å². The number of carbonyl (C=O) groups excluding carboxylic acids is 1. The predicted molar refractivity (Wildman–Crippen MR) is 89.8 cm³/mol. The number of ketones is 1. The minimum atomic E-state index is -0.351. The predicted octanol–water partition coefficient (Wildman–Crippen LogP) is 3.02. The second-order valence-corrected chi connectivity index (χ2v) is 6.41. The molecule has 0 spiro atoms. The normalized spacial score (nSPS) is 16.9. The maximum atomic E-state index is 13.2. The number of rotatable bonds is 9. The number of ether oxygens (including phenoxy) is 2. The van der Waals surface area contributed by atoms with Crippen LogP contribution in [0.5, 0.6) is 0 Å². The van der Waals surface area contributed by atoms with Crippen LogP contribution in [0.25, 0.3) is 0 Å². The van der Waals surface area contributed by atoms with E-state index in [1.807, 2.05) is 0 Å². The number of aromatic nitrogens is 1. The zero-order chi connectivity index (χ0) is 18.4. The van der Waals surface area contributed by atoms with Crippen LogP contribution in [0.15, 0.2) is 28.8 Å². The van der Waals surface area contributed by atoms with Gasteiger partial charge in [-0.25, -0.2) is 4.39 Å². The molecule has 1 aliphatic heterocycles. The fraction of sp³-hybridized carbons (Fsp3) is 0.474. The molecule has 3 rings (SSSR count). The number of aliphatic hydroxyl groups excluding tert-OH is 1. The molecule has 1 saturated heterocycles. The van der Waals surface area contributed by atoms with E-state index in [9.17, 15) is 14.3 Å². The third-order valence-electron chi connectivity index (χ3n) is 4.49. The van der Waals surface area contributed by atoms with Gasteiger partial charge < -0.3 is 19.1 Å². The molecule has 0 bridgehead atoms. The van der Waals surface area contributed by atoms with Crippen LogP contribution in [0.3, 0.4) is 0 Å². The number of nitrogens with zero attached hydrogens (tertiary/aromatic N) is 1. The molecular formula is C19H22FNO5. The van der Waals surface area contributed by atoms with Gasteiger partial charge >= 0.3 is 0 Å². The Hall–Kier alpha value is -2.09. The summed E-state index contributed by atoms with van der Waals surface area (Å²) in [6.07, 6.45) is 2.05. The first-order valence-electron chi connectivity index (χ1n) is 8.68. The van der Waals surface area contributed by atoms with Crippen LogP contribution in [-0.2, 0) is 29.3 Å². The van der Waals surface area contributed by atoms with Crippen LogP contribution in [0, 0.1) is 11.7 Å². The topological polar surface area (TPSA) is 81.8 Å². The van der Waals surface area contributed by atoms with E-state index in [1.54, 1.807) is 12.1 Å². The lowest BCUT2D eigenvalue weighted by Crippen LogP contribution is -2.08. The Morgan fingerprint density at radius 3 is 3.00 bits per heavy atom. The van der Waals surface area contributed by atoms with Crippen LogP contribution in [0.1, 0.15) is 46.6 Å². The molecule has 6 nitrogen and oxygen atoms in total. The van der Waals surface area contributed by atoms with Gasteiger partial charge in [0.25, 0.3) is 0 Å². The molecule has 26 heavy (non-hydrogen) atoms. The molecule has 2 aromatic rings. The molecule has 1 aromatic carbocycles. The standard InChI is InChI=1S/C19H22FNO5/c20-15-3-1-2-14(8-15)11-25-12-18-16(9-22)19(21-26-18)17(23)5-4-13-6-7-24-10-13/h1-3,8,13,22H,4-7,9-12H2. The number of aliphatic hydroxyl groups is 1. The van der Waals surface area contributed by atoms with Gasteiger partial charge in [0, 0.05) is 19.6 Å². The number of hydrogen-bond acceptors (Lipinski definition) is 6. The lowest BCUT2D eigenvalue weighted by molar-refractivity contribution is 0.0861. The summed E-state index contributed by atoms with van der Waals surface area (Å²) in [5, 5.41) is 13.4. The lowest BCUT2D eigenvalue weighted by Gasteiger charge is -2.06. The number of halogens is 1. The maximum absolute atomic E-state index is 13.2. The van der Waals surface area contributed by atoms with E-state index in [-0.39, 0.29) is 37.1 Å². The summed E-state index contributed by atoms with van der Waals surface area (Å²) in [7, 11) is 0. The highest BCUT2D eigenvalue weighted by Gasteiger charge is 2.23. The highest BCUT2D eigenvalue weighted by molar-refractivity contribution is 5.95. The van der Waals surface area contributed by atoms with Gasteiger partial charge in [0.2, 0.25) is 0 Å². The van der Waals surface area contributed by atoms with Crippen molar-refractivity contribution in [3.63, 3.8) is 0 Å². The van der Waals surface area contributed by atoms with Crippen LogP contribution in [0.4, 0.5) is 4.39 Å². The first-order valence-corrected chi connectivity index (χ1v) is 8.68. The van der Waals surface area contributed by atoms with Crippen molar-refractivity contribution in [3.8, 4) is 0 Å². The molecule has 1 aromatic heterocycles. The Bertz CT molecular complexity index is 739. The fourth-order valence-electron chi connectivity index (χ4n) is 2.99. The number of carbonyl (C=O) groups is 1. The summed E-state index contributed by atoms with van der Waals surface area (Å²) in [4.78, 5) is 12.4. The van der Waals surface area contributed by atoms with Crippen molar-refractivity contribution in [2.24, 2.45) is 5.92 Å². The molecule has 0 saturated carbocycles. The van der Waals surface area contributed by atoms with Crippen molar-refractivity contribution in [2.45, 2.75) is 39.1 Å². The summed E-state index contributed by atoms with van der Waals surface area (Å²) < 4.78 is 29.1. The van der Waals surface area contributed by atoms with E-state index < -0.39 is 0 Å². The highest BCUT2D eigenvalue weighted by atomic mass is 19.1. The summed E-state index contributed by atoms with van der Waals surface area (Å²) in [6.45, 7) is 1.32. The first kappa shape index (κ1) is 18.7. The van der Waals surface area contributed by atoms with E-state index in [0.29, 0.717) is 35.8 Å². The monoisotopic (exact) mass is 363 g/mol. The van der Waals surface area contributed by atoms with Crippen molar-refractivity contribution in [1.82, 2.24) is 5.16 Å². The van der Waals surface area contributed by atoms with Gasteiger partial charge in [0.1, 0.15) is 12.4 Å². The minimum Gasteiger partial charge on any atom is -0.391 e. The number of hydrogen-bond donors (Lipinski definition) is 1. The molecule has 0 radical (unpaired) electrons. The minimum absolute atomic E-state index is 0.0448. The van der Waals surface area contributed by atoms with Crippen molar-refractivity contribution in [3.05, 3.63) is 52.7 Å². The summed E-state index contributed by atoms with van der Waals surface area (Å²) in [5.74, 6) is 0.234. The molecule has 1 aliphatic rings. The second-order valence-electron chi connectivity index (χ2n) is 6.41. The van der Waals surface area contributed by atoms with Crippen molar-refractivity contribution in [2.75, 3.05) is 13.2 Å². The quantitative estimate of drug-likeness (QED) is 0.690. The SMILES string of the molecule is O=C(CCC1CCOC1)c1noc(COCc2cccc(F)c2)c1CO. The van der Waals surface area contributed by atoms with Crippen molar-refractivity contribution in [1.29, 1.82) is 0 Å². The molecule has 2 heterocycles. The number of benzene rings is 1. The molecule has 1 N–H and O–H groups in total. The molecule has 7 heteroatoms. The van der Waals surface area contributed by atoms with Gasteiger partial charge in [0.05, 0.1) is 18.8 Å². The Morgan fingerprint density at radius 1 is 1.38 bits per heavy atom. The van der Waals surface area contributed by atoms with Crippen molar-refractivity contribution < 1.29 is 28.3 Å². The van der Waals surface area contributed by atoms with E-state index in [2.05, 4.69) is 5.16 Å². The second kappa shape index (κ2) is 9.02. The molecule has 140 valence electrons. The largest absolute Gasteiger partial charge is 0.391 e. The lowest BCUT2D eigenvalue weighted by atomic mass is 9.99. The van der Waals surface area contributed by atoms with E-state index >= 15 is 0 Å². The Balaban J connectivity index is 1.55. The van der Waals surface area contributed by atoms with Gasteiger partial charge in [-0.2, -0.15) is 0 Å². The fourth-order valence-corrected chi connectivity index (χ4v) is 2.99. The Labute approximate surface area is 150 Å². The van der Waals surface area contributed by atoms with Crippen LogP contribution in [-0.4, -0.2) is 29.3 Å². The summed E-state index contributed by atoms with van der Waals surface area (Å²) >= 11 is 0.